The Bertz CT molecular complexity index is 467. The molecule has 0 radical (unpaired) electrons. The zero-order valence-electron chi connectivity index (χ0n) is 10.2. The van der Waals surface area contributed by atoms with E-state index in [1.807, 2.05) is 0 Å². The molecule has 18 heavy (non-hydrogen) atoms. The van der Waals surface area contributed by atoms with E-state index in [1.165, 1.54) is 24.6 Å². The molecular weight excluding hydrogens is 253 g/mol. The molecule has 0 spiro atoms. The van der Waals surface area contributed by atoms with Crippen molar-refractivity contribution in [3.63, 3.8) is 0 Å². The lowest BCUT2D eigenvalue weighted by atomic mass is 9.81. The minimum Gasteiger partial charge on any atom is -0.385 e. The summed E-state index contributed by atoms with van der Waals surface area (Å²) in [5.41, 5.74) is -0.416. The van der Waals surface area contributed by atoms with Crippen LogP contribution in [0.5, 0.6) is 0 Å². The van der Waals surface area contributed by atoms with Crippen molar-refractivity contribution in [1.82, 2.24) is 4.90 Å². The molecule has 1 aromatic rings. The van der Waals surface area contributed by atoms with E-state index in [2.05, 4.69) is 4.90 Å². The third kappa shape index (κ3) is 2.04. The predicted molar refractivity (Wildman–Crippen MR) is 69.1 cm³/mol. The zero-order valence-corrected chi connectivity index (χ0v) is 11.0. The monoisotopic (exact) mass is 269 g/mol. The van der Waals surface area contributed by atoms with Gasteiger partial charge in [0.25, 0.3) is 0 Å². The largest absolute Gasteiger partial charge is 0.385 e. The summed E-state index contributed by atoms with van der Waals surface area (Å²) in [4.78, 5) is 2.42. The average molecular weight is 270 g/mol. The van der Waals surface area contributed by atoms with Gasteiger partial charge in [0.1, 0.15) is 5.82 Å². The molecule has 2 saturated heterocycles. The van der Waals surface area contributed by atoms with Crippen molar-refractivity contribution < 1.29 is 9.50 Å². The van der Waals surface area contributed by atoms with Gasteiger partial charge in [-0.3, -0.25) is 0 Å². The van der Waals surface area contributed by atoms with Crippen LogP contribution in [0.4, 0.5) is 4.39 Å². The van der Waals surface area contributed by atoms with E-state index < -0.39 is 5.60 Å². The molecule has 2 atom stereocenters. The number of rotatable bonds is 1. The highest BCUT2D eigenvalue weighted by Gasteiger charge is 2.42. The molecule has 4 heteroatoms. The Hall–Kier alpha value is -0.640. The normalized spacial score (nSPS) is 32.5. The van der Waals surface area contributed by atoms with Gasteiger partial charge in [-0.15, -0.1) is 0 Å². The molecule has 2 aliphatic rings. The molecule has 3 rings (SSSR count). The summed E-state index contributed by atoms with van der Waals surface area (Å²) >= 11 is 6.12. The van der Waals surface area contributed by atoms with Gasteiger partial charge in [-0.25, -0.2) is 4.39 Å². The summed E-state index contributed by atoms with van der Waals surface area (Å²) < 4.78 is 13.4. The number of aliphatic hydroxyl groups is 1. The number of hydrogen-bond acceptors (Lipinski definition) is 2. The first-order valence-corrected chi connectivity index (χ1v) is 6.88. The molecule has 0 bridgehead atoms. The van der Waals surface area contributed by atoms with Crippen LogP contribution in [-0.2, 0) is 5.60 Å². The molecule has 2 heterocycles. The van der Waals surface area contributed by atoms with Crippen LogP contribution in [0.1, 0.15) is 31.2 Å². The lowest BCUT2D eigenvalue weighted by molar-refractivity contribution is -0.0410. The van der Waals surface area contributed by atoms with Crippen molar-refractivity contribution in [2.24, 2.45) is 0 Å². The Morgan fingerprint density at radius 3 is 3.06 bits per heavy atom. The number of hydrogen-bond donors (Lipinski definition) is 1. The van der Waals surface area contributed by atoms with E-state index in [-0.39, 0.29) is 5.82 Å². The van der Waals surface area contributed by atoms with E-state index in [0.29, 0.717) is 29.5 Å². The molecule has 0 aromatic heterocycles. The van der Waals surface area contributed by atoms with E-state index in [4.69, 9.17) is 11.6 Å². The van der Waals surface area contributed by atoms with E-state index in [1.54, 1.807) is 0 Å². The molecule has 0 amide bonds. The molecule has 0 aliphatic carbocycles. The lowest BCUT2D eigenvalue weighted by Gasteiger charge is -2.41. The van der Waals surface area contributed by atoms with E-state index in [0.717, 1.165) is 19.5 Å². The highest BCUT2D eigenvalue weighted by molar-refractivity contribution is 6.31. The van der Waals surface area contributed by atoms with Crippen molar-refractivity contribution >= 4 is 11.6 Å². The number of benzene rings is 1. The summed E-state index contributed by atoms with van der Waals surface area (Å²) in [6.07, 6.45) is 3.61. The van der Waals surface area contributed by atoms with Crippen molar-refractivity contribution in [3.8, 4) is 0 Å². The summed E-state index contributed by atoms with van der Waals surface area (Å²) in [7, 11) is 0. The molecule has 1 N–H and O–H groups in total. The Balaban J connectivity index is 1.92. The van der Waals surface area contributed by atoms with Crippen molar-refractivity contribution in [2.75, 3.05) is 13.1 Å². The maximum Gasteiger partial charge on any atom is 0.123 e. The molecule has 2 unspecified atom stereocenters. The number of halogens is 2. The van der Waals surface area contributed by atoms with Crippen LogP contribution in [0.2, 0.25) is 5.02 Å². The first-order valence-electron chi connectivity index (χ1n) is 6.50. The second-order valence-electron chi connectivity index (χ2n) is 5.44. The van der Waals surface area contributed by atoms with Gasteiger partial charge in [0.15, 0.2) is 0 Å². The Labute approximate surface area is 111 Å². The van der Waals surface area contributed by atoms with Crippen molar-refractivity contribution in [3.05, 3.63) is 34.6 Å². The van der Waals surface area contributed by atoms with E-state index in [9.17, 15) is 9.50 Å². The number of nitrogens with zero attached hydrogens (tertiary/aromatic N) is 1. The summed E-state index contributed by atoms with van der Waals surface area (Å²) in [5, 5.41) is 11.3. The van der Waals surface area contributed by atoms with Crippen LogP contribution in [0.3, 0.4) is 0 Å². The fourth-order valence-corrected chi connectivity index (χ4v) is 3.63. The zero-order chi connectivity index (χ0) is 12.8. The maximum absolute atomic E-state index is 13.4. The highest BCUT2D eigenvalue weighted by atomic mass is 35.5. The predicted octanol–water partition coefficient (Wildman–Crippen LogP) is 2.92. The van der Waals surface area contributed by atoms with Gasteiger partial charge in [0.05, 0.1) is 5.60 Å². The summed E-state index contributed by atoms with van der Waals surface area (Å²) in [5.74, 6) is -0.336. The SMILES string of the molecule is OC1(c2cc(F)ccc2Cl)CCN2CCCC2C1. The first-order chi connectivity index (χ1) is 8.58. The average Bonchev–Trinajstić information content (AvgIpc) is 2.79. The minimum atomic E-state index is -0.968. The second kappa shape index (κ2) is 4.48. The number of fused-ring (bicyclic) bond motifs is 1. The summed E-state index contributed by atoms with van der Waals surface area (Å²) in [6.45, 7) is 1.99. The third-order valence-corrected chi connectivity index (χ3v) is 4.64. The molecule has 1 aromatic carbocycles. The molecular formula is C14H17ClFNO. The van der Waals surface area contributed by atoms with Gasteiger partial charge in [-0.2, -0.15) is 0 Å². The fraction of sp³-hybridized carbons (Fsp3) is 0.571. The Morgan fingerprint density at radius 2 is 2.22 bits per heavy atom. The second-order valence-corrected chi connectivity index (χ2v) is 5.85. The maximum atomic E-state index is 13.4. The van der Waals surface area contributed by atoms with Gasteiger partial charge in [-0.1, -0.05) is 11.6 Å². The van der Waals surface area contributed by atoms with Gasteiger partial charge in [0.2, 0.25) is 0 Å². The number of piperidine rings is 1. The molecule has 0 saturated carbocycles. The molecule has 2 fully saturated rings. The van der Waals surface area contributed by atoms with Gasteiger partial charge in [-0.05, 0) is 50.4 Å². The first kappa shape index (κ1) is 12.4. The van der Waals surface area contributed by atoms with Crippen LogP contribution in [0.15, 0.2) is 18.2 Å². The van der Waals surface area contributed by atoms with Crippen LogP contribution in [0, 0.1) is 5.82 Å². The van der Waals surface area contributed by atoms with E-state index >= 15 is 0 Å². The molecule has 98 valence electrons. The molecule has 2 nitrogen and oxygen atoms in total. The van der Waals surface area contributed by atoms with Crippen LogP contribution >= 0.6 is 11.6 Å². The smallest absolute Gasteiger partial charge is 0.123 e. The van der Waals surface area contributed by atoms with Crippen LogP contribution in [0.25, 0.3) is 0 Å². The van der Waals surface area contributed by atoms with Gasteiger partial charge < -0.3 is 10.0 Å². The summed E-state index contributed by atoms with van der Waals surface area (Å²) in [6, 6.07) is 4.67. The van der Waals surface area contributed by atoms with Crippen molar-refractivity contribution in [2.45, 2.75) is 37.3 Å². The quantitative estimate of drug-likeness (QED) is 0.847. The molecule has 2 aliphatic heterocycles. The Kier molecular flexibility index (Phi) is 3.08. The van der Waals surface area contributed by atoms with Crippen LogP contribution in [-0.4, -0.2) is 29.1 Å². The topological polar surface area (TPSA) is 23.5 Å². The fourth-order valence-electron chi connectivity index (χ4n) is 3.34. The highest BCUT2D eigenvalue weighted by Crippen LogP contribution is 2.41. The standard InChI is InChI=1S/C14H17ClFNO/c15-13-4-3-10(16)8-12(13)14(18)5-7-17-6-1-2-11(17)9-14/h3-4,8,11,18H,1-2,5-7,9H2. The third-order valence-electron chi connectivity index (χ3n) is 4.31. The van der Waals surface area contributed by atoms with Crippen LogP contribution < -0.4 is 0 Å². The lowest BCUT2D eigenvalue weighted by Crippen LogP contribution is -2.46. The van der Waals surface area contributed by atoms with Gasteiger partial charge >= 0.3 is 0 Å². The van der Waals surface area contributed by atoms with Crippen molar-refractivity contribution in [1.29, 1.82) is 0 Å². The Morgan fingerprint density at radius 1 is 1.39 bits per heavy atom. The van der Waals surface area contributed by atoms with Gasteiger partial charge in [0, 0.05) is 23.2 Å². The minimum absolute atomic E-state index is 0.336.